The Morgan fingerprint density at radius 1 is 0.857 bits per heavy atom. The van der Waals surface area contributed by atoms with E-state index >= 15 is 0 Å². The van der Waals surface area contributed by atoms with Gasteiger partial charge >= 0.3 is 0 Å². The molecule has 88 valence electrons. The molecule has 0 aliphatic rings. The molecule has 0 atom stereocenters. The van der Waals surface area contributed by atoms with Crippen LogP contribution in [0.5, 0.6) is 0 Å². The summed E-state index contributed by atoms with van der Waals surface area (Å²) in [5, 5.41) is 2.57. The Bertz CT molecular complexity index is 120. The number of halogens is 1. The van der Waals surface area contributed by atoms with Gasteiger partial charge in [-0.2, -0.15) is 5.01 Å². The Morgan fingerprint density at radius 3 is 1.57 bits per heavy atom. The molecule has 0 aromatic rings. The normalized spacial score (nSPS) is 11.6. The molecular weight excluding hydrogens is 196 g/mol. The highest BCUT2D eigenvalue weighted by molar-refractivity contribution is 4.44. The van der Waals surface area contributed by atoms with Gasteiger partial charge in [-0.3, -0.25) is 0 Å². The van der Waals surface area contributed by atoms with E-state index in [2.05, 4.69) is 39.9 Å². The lowest BCUT2D eigenvalue weighted by molar-refractivity contribution is -1.00. The Labute approximate surface area is 96.2 Å². The van der Waals surface area contributed by atoms with E-state index in [-0.39, 0.29) is 12.4 Å². The first-order chi connectivity index (χ1) is 6.08. The monoisotopic (exact) mass is 222 g/mol. The van der Waals surface area contributed by atoms with E-state index in [0.717, 1.165) is 4.59 Å². The number of rotatable bonds is 7. The van der Waals surface area contributed by atoms with Crippen LogP contribution in [0.15, 0.2) is 0 Å². The smallest absolute Gasteiger partial charge is 0.0957 e. The van der Waals surface area contributed by atoms with Crippen molar-refractivity contribution in [3.8, 4) is 0 Å². The predicted molar refractivity (Wildman–Crippen MR) is 59.4 cm³/mol. The van der Waals surface area contributed by atoms with Crippen LogP contribution in [-0.2, 0) is 0 Å². The largest absolute Gasteiger partial charge is 1.00 e. The van der Waals surface area contributed by atoms with Gasteiger partial charge in [0.2, 0.25) is 0 Å². The molecule has 0 aliphatic carbocycles. The lowest BCUT2D eigenvalue weighted by atomic mass is 10.3. The second kappa shape index (κ2) is 8.51. The maximum absolute atomic E-state index is 2.57. The van der Waals surface area contributed by atoms with Crippen LogP contribution in [0.3, 0.4) is 0 Å². The molecule has 0 spiro atoms. The zero-order chi connectivity index (χ0) is 10.3. The summed E-state index contributed by atoms with van der Waals surface area (Å²) in [5.74, 6) is 0. The zero-order valence-corrected chi connectivity index (χ0v) is 11.3. The van der Waals surface area contributed by atoms with Gasteiger partial charge in [-0.05, 0) is 19.3 Å². The molecule has 0 bridgehead atoms. The van der Waals surface area contributed by atoms with Crippen molar-refractivity contribution in [1.82, 2.24) is 5.01 Å². The fraction of sp³-hybridized carbons (Fsp3) is 1.00. The van der Waals surface area contributed by atoms with Gasteiger partial charge in [-0.1, -0.05) is 20.8 Å². The maximum atomic E-state index is 2.57. The summed E-state index contributed by atoms with van der Waals surface area (Å²) in [6.45, 7) is 10.5. The number of quaternary nitrogens is 1. The van der Waals surface area contributed by atoms with E-state index in [0.29, 0.717) is 0 Å². The van der Waals surface area contributed by atoms with E-state index in [4.69, 9.17) is 0 Å². The molecule has 0 radical (unpaired) electrons. The minimum absolute atomic E-state index is 0. The highest BCUT2D eigenvalue weighted by Gasteiger charge is 2.22. The fourth-order valence-corrected chi connectivity index (χ4v) is 1.86. The van der Waals surface area contributed by atoms with Crippen molar-refractivity contribution in [1.29, 1.82) is 0 Å². The summed E-state index contributed by atoms with van der Waals surface area (Å²) in [6.07, 6.45) is 3.77. The van der Waals surface area contributed by atoms with Crippen LogP contribution in [0, 0.1) is 0 Å². The van der Waals surface area contributed by atoms with E-state index in [9.17, 15) is 0 Å². The lowest BCUT2D eigenvalue weighted by Gasteiger charge is -2.39. The summed E-state index contributed by atoms with van der Waals surface area (Å²) in [7, 11) is 4.63. The minimum atomic E-state index is 0. The van der Waals surface area contributed by atoms with Crippen molar-refractivity contribution in [2.75, 3.05) is 33.7 Å². The molecule has 0 aromatic carbocycles. The molecule has 0 fully saturated rings. The molecule has 0 amide bonds. The first kappa shape index (κ1) is 16.6. The van der Waals surface area contributed by atoms with Crippen molar-refractivity contribution in [3.63, 3.8) is 0 Å². The summed E-state index contributed by atoms with van der Waals surface area (Å²) in [4.78, 5) is 0. The Kier molecular flexibility index (Phi) is 10.1. The third-order valence-electron chi connectivity index (χ3n) is 2.50. The zero-order valence-electron chi connectivity index (χ0n) is 10.5. The number of hydrogen-bond acceptors (Lipinski definition) is 1. The van der Waals surface area contributed by atoms with Crippen LogP contribution in [0.25, 0.3) is 0 Å². The first-order valence-electron chi connectivity index (χ1n) is 5.66. The molecule has 0 aromatic heterocycles. The summed E-state index contributed by atoms with van der Waals surface area (Å²) in [5.41, 5.74) is 0. The molecule has 0 aliphatic heterocycles. The van der Waals surface area contributed by atoms with Gasteiger partial charge in [0, 0.05) is 13.1 Å². The lowest BCUT2D eigenvalue weighted by Crippen LogP contribution is -3.00. The topological polar surface area (TPSA) is 3.24 Å². The molecule has 0 N–H and O–H groups in total. The van der Waals surface area contributed by atoms with Crippen molar-refractivity contribution in [2.45, 2.75) is 40.0 Å². The number of nitrogens with zero attached hydrogens (tertiary/aromatic N) is 2. The molecule has 0 saturated carbocycles. The van der Waals surface area contributed by atoms with E-state index in [1.807, 2.05) is 0 Å². The van der Waals surface area contributed by atoms with Crippen molar-refractivity contribution < 1.29 is 17.0 Å². The molecule has 14 heavy (non-hydrogen) atoms. The SMILES string of the molecule is CCCN(CCC)[N+](C)(C)CCC.[Cl-]. The van der Waals surface area contributed by atoms with Crippen molar-refractivity contribution in [2.24, 2.45) is 0 Å². The van der Waals surface area contributed by atoms with E-state index < -0.39 is 0 Å². The van der Waals surface area contributed by atoms with Gasteiger partial charge in [0.1, 0.15) is 0 Å². The van der Waals surface area contributed by atoms with Gasteiger partial charge in [-0.15, -0.1) is 0 Å². The van der Waals surface area contributed by atoms with Crippen LogP contribution in [-0.4, -0.2) is 43.3 Å². The molecule has 2 nitrogen and oxygen atoms in total. The molecule has 0 heterocycles. The summed E-state index contributed by atoms with van der Waals surface area (Å²) < 4.78 is 1.05. The molecule has 0 unspecified atom stereocenters. The fourth-order valence-electron chi connectivity index (χ4n) is 1.86. The van der Waals surface area contributed by atoms with Crippen LogP contribution < -0.4 is 12.4 Å². The number of hydrogen-bond donors (Lipinski definition) is 0. The van der Waals surface area contributed by atoms with Crippen LogP contribution in [0.1, 0.15) is 40.0 Å². The van der Waals surface area contributed by atoms with Gasteiger partial charge < -0.3 is 12.4 Å². The molecule has 3 heteroatoms. The van der Waals surface area contributed by atoms with Crippen molar-refractivity contribution >= 4 is 0 Å². The Morgan fingerprint density at radius 2 is 1.29 bits per heavy atom. The standard InChI is InChI=1S/C11H27N2.ClH/c1-6-9-12(10-7-2)13(4,5)11-8-3;/h6-11H2,1-5H3;1H/q+1;/p-1. The molecular formula is C11H27ClN2. The average molecular weight is 223 g/mol. The van der Waals surface area contributed by atoms with Gasteiger partial charge in [-0.25, -0.2) is 4.59 Å². The van der Waals surface area contributed by atoms with Gasteiger partial charge in [0.15, 0.2) is 0 Å². The van der Waals surface area contributed by atoms with Crippen LogP contribution in [0.2, 0.25) is 0 Å². The van der Waals surface area contributed by atoms with Crippen molar-refractivity contribution in [3.05, 3.63) is 0 Å². The first-order valence-corrected chi connectivity index (χ1v) is 5.66. The highest BCUT2D eigenvalue weighted by Crippen LogP contribution is 2.08. The van der Waals surface area contributed by atoms with E-state index in [1.165, 1.54) is 38.9 Å². The highest BCUT2D eigenvalue weighted by atomic mass is 35.5. The van der Waals surface area contributed by atoms with Crippen LogP contribution in [0.4, 0.5) is 0 Å². The summed E-state index contributed by atoms with van der Waals surface area (Å²) >= 11 is 0. The predicted octanol–water partition coefficient (Wildman–Crippen LogP) is -0.486. The third kappa shape index (κ3) is 5.84. The average Bonchev–Trinajstić information content (AvgIpc) is 2.04. The Hall–Kier alpha value is 0.210. The molecule has 0 saturated heterocycles. The third-order valence-corrected chi connectivity index (χ3v) is 2.50. The minimum Gasteiger partial charge on any atom is -1.00 e. The van der Waals surface area contributed by atoms with Gasteiger partial charge in [0.25, 0.3) is 0 Å². The molecule has 0 rings (SSSR count). The Balaban J connectivity index is 0. The van der Waals surface area contributed by atoms with Crippen LogP contribution >= 0.6 is 0 Å². The van der Waals surface area contributed by atoms with Gasteiger partial charge in [0.05, 0.1) is 20.6 Å². The second-order valence-electron chi connectivity index (χ2n) is 4.30. The quantitative estimate of drug-likeness (QED) is 0.415. The van der Waals surface area contributed by atoms with E-state index in [1.54, 1.807) is 0 Å². The maximum Gasteiger partial charge on any atom is 0.0957 e. The second-order valence-corrected chi connectivity index (χ2v) is 4.30. The summed E-state index contributed by atoms with van der Waals surface area (Å²) in [6, 6.07) is 0.